The first kappa shape index (κ1) is 12.4. The van der Waals surface area contributed by atoms with E-state index in [0.29, 0.717) is 6.61 Å². The minimum atomic E-state index is -3.38. The van der Waals surface area contributed by atoms with Crippen molar-refractivity contribution in [2.24, 2.45) is 0 Å². The van der Waals surface area contributed by atoms with E-state index in [1.165, 1.54) is 7.11 Å². The maximum absolute atomic E-state index is 11.6. The molecule has 0 aliphatic heterocycles. The van der Waals surface area contributed by atoms with Crippen LogP contribution in [0.2, 0.25) is 0 Å². The Morgan fingerprint density at radius 3 is 2.69 bits per heavy atom. The minimum Gasteiger partial charge on any atom is -0.308 e. The van der Waals surface area contributed by atoms with Crippen molar-refractivity contribution in [3.63, 3.8) is 0 Å². The van der Waals surface area contributed by atoms with Gasteiger partial charge in [0.2, 0.25) is 0 Å². The van der Waals surface area contributed by atoms with Crippen LogP contribution < -0.4 is 0 Å². The molecule has 4 nitrogen and oxygen atoms in total. The molecule has 0 rings (SSSR count). The molecular formula is C8H14NO3P. The van der Waals surface area contributed by atoms with Gasteiger partial charge in [0, 0.05) is 7.11 Å². The Morgan fingerprint density at radius 2 is 2.31 bits per heavy atom. The third-order valence-electron chi connectivity index (χ3n) is 1.46. The van der Waals surface area contributed by atoms with Gasteiger partial charge in [-0.15, -0.1) is 0 Å². The third kappa shape index (κ3) is 3.73. The molecule has 0 radical (unpaired) electrons. The minimum absolute atomic E-state index is 0.147. The van der Waals surface area contributed by atoms with Crippen LogP contribution in [-0.2, 0) is 13.6 Å². The fourth-order valence-corrected chi connectivity index (χ4v) is 1.60. The highest BCUT2D eigenvalue weighted by molar-refractivity contribution is 7.58. The van der Waals surface area contributed by atoms with E-state index in [1.54, 1.807) is 6.07 Å². The quantitative estimate of drug-likeness (QED) is 0.378. The van der Waals surface area contributed by atoms with Gasteiger partial charge in [0.1, 0.15) is 11.4 Å². The summed E-state index contributed by atoms with van der Waals surface area (Å²) in [6.45, 7) is 5.63. The molecule has 74 valence electrons. The molecule has 0 saturated heterocycles. The van der Waals surface area contributed by atoms with Crippen molar-refractivity contribution >= 4 is 7.60 Å². The zero-order chi connectivity index (χ0) is 10.3. The molecule has 1 atom stereocenters. The second-order valence-corrected chi connectivity index (χ2v) is 4.58. The highest BCUT2D eigenvalue weighted by atomic mass is 31.2. The molecule has 0 spiro atoms. The van der Waals surface area contributed by atoms with Crippen molar-refractivity contribution in [2.75, 3.05) is 13.7 Å². The average molecular weight is 203 g/mol. The molecule has 0 saturated carbocycles. The molecule has 0 aromatic rings. The fraction of sp³-hybridized carbons (Fsp3) is 0.625. The van der Waals surface area contributed by atoms with E-state index in [-0.39, 0.29) is 5.31 Å². The summed E-state index contributed by atoms with van der Waals surface area (Å²) in [6, 6.07) is 1.68. The van der Waals surface area contributed by atoms with E-state index < -0.39 is 7.60 Å². The van der Waals surface area contributed by atoms with Gasteiger partial charge in [0.15, 0.2) is 0 Å². The van der Waals surface area contributed by atoms with Crippen molar-refractivity contribution in [1.82, 2.24) is 0 Å². The standard InChI is InChI=1S/C8H14NO3P/c1-4-5-6-12-13(10,11-3)8(2)7-9/h2,4-6H2,1,3H3. The largest absolute Gasteiger partial charge is 0.370 e. The molecule has 0 heterocycles. The highest BCUT2D eigenvalue weighted by Gasteiger charge is 2.27. The van der Waals surface area contributed by atoms with Gasteiger partial charge in [-0.05, 0) is 6.42 Å². The smallest absolute Gasteiger partial charge is 0.308 e. The maximum Gasteiger partial charge on any atom is 0.370 e. The van der Waals surface area contributed by atoms with Gasteiger partial charge < -0.3 is 9.05 Å². The average Bonchev–Trinajstić information content (AvgIpc) is 2.16. The molecule has 0 bridgehead atoms. The molecule has 13 heavy (non-hydrogen) atoms. The molecular weight excluding hydrogens is 189 g/mol. The van der Waals surface area contributed by atoms with Crippen LogP contribution >= 0.6 is 7.60 Å². The first-order chi connectivity index (χ1) is 6.10. The SMILES string of the molecule is C=C(C#N)P(=O)(OC)OCCCC. The predicted octanol–water partition coefficient (Wildman–Crippen LogP) is 2.68. The van der Waals surface area contributed by atoms with Gasteiger partial charge in [-0.2, -0.15) is 5.26 Å². The van der Waals surface area contributed by atoms with Crippen molar-refractivity contribution in [3.05, 3.63) is 11.9 Å². The molecule has 5 heteroatoms. The van der Waals surface area contributed by atoms with Crippen molar-refractivity contribution in [2.45, 2.75) is 19.8 Å². The molecule has 0 aromatic heterocycles. The van der Waals surface area contributed by atoms with Gasteiger partial charge in [0.25, 0.3) is 0 Å². The van der Waals surface area contributed by atoms with Crippen LogP contribution in [0, 0.1) is 11.3 Å². The number of nitriles is 1. The first-order valence-corrected chi connectivity index (χ1v) is 5.55. The maximum atomic E-state index is 11.6. The van der Waals surface area contributed by atoms with E-state index >= 15 is 0 Å². The second kappa shape index (κ2) is 5.93. The lowest BCUT2D eigenvalue weighted by Crippen LogP contribution is -1.96. The second-order valence-electron chi connectivity index (χ2n) is 2.43. The van der Waals surface area contributed by atoms with E-state index in [4.69, 9.17) is 9.79 Å². The molecule has 0 N–H and O–H groups in total. The summed E-state index contributed by atoms with van der Waals surface area (Å²) in [5.74, 6) is 0. The summed E-state index contributed by atoms with van der Waals surface area (Å²) in [5, 5.41) is 8.33. The lowest BCUT2D eigenvalue weighted by Gasteiger charge is -2.13. The summed E-state index contributed by atoms with van der Waals surface area (Å²) < 4.78 is 21.3. The van der Waals surface area contributed by atoms with Crippen LogP contribution in [0.3, 0.4) is 0 Å². The van der Waals surface area contributed by atoms with Crippen LogP contribution in [0.5, 0.6) is 0 Å². The molecule has 1 unspecified atom stereocenters. The zero-order valence-electron chi connectivity index (χ0n) is 7.95. The van der Waals surface area contributed by atoms with Gasteiger partial charge >= 0.3 is 7.60 Å². The molecule has 0 aromatic carbocycles. The van der Waals surface area contributed by atoms with Crippen molar-refractivity contribution in [1.29, 1.82) is 5.26 Å². The lowest BCUT2D eigenvalue weighted by atomic mass is 10.4. The zero-order valence-corrected chi connectivity index (χ0v) is 8.84. The Kier molecular flexibility index (Phi) is 5.65. The van der Waals surface area contributed by atoms with Crippen LogP contribution in [-0.4, -0.2) is 13.7 Å². The predicted molar refractivity (Wildman–Crippen MR) is 50.2 cm³/mol. The number of hydrogen-bond acceptors (Lipinski definition) is 4. The molecule has 0 aliphatic rings. The molecule has 0 aliphatic carbocycles. The van der Waals surface area contributed by atoms with E-state index in [1.807, 2.05) is 6.92 Å². The van der Waals surface area contributed by atoms with Gasteiger partial charge in [-0.3, -0.25) is 4.57 Å². The van der Waals surface area contributed by atoms with Gasteiger partial charge in [-0.1, -0.05) is 19.9 Å². The van der Waals surface area contributed by atoms with E-state index in [2.05, 4.69) is 11.1 Å². The summed E-state index contributed by atoms with van der Waals surface area (Å²) in [4.78, 5) is 0. The normalized spacial score (nSPS) is 14.5. The van der Waals surface area contributed by atoms with Crippen LogP contribution in [0.4, 0.5) is 0 Å². The van der Waals surface area contributed by atoms with Crippen molar-refractivity contribution in [3.8, 4) is 6.07 Å². The van der Waals surface area contributed by atoms with Crippen molar-refractivity contribution < 1.29 is 13.6 Å². The first-order valence-electron chi connectivity index (χ1n) is 4.00. The van der Waals surface area contributed by atoms with Crippen LogP contribution in [0.15, 0.2) is 11.9 Å². The van der Waals surface area contributed by atoms with Gasteiger partial charge in [0.05, 0.1) is 6.61 Å². The number of nitrogens with zero attached hydrogens (tertiary/aromatic N) is 1. The number of rotatable bonds is 6. The third-order valence-corrected chi connectivity index (χ3v) is 3.22. The summed E-state index contributed by atoms with van der Waals surface area (Å²) in [5.41, 5.74) is 0. The topological polar surface area (TPSA) is 59.3 Å². The Morgan fingerprint density at radius 1 is 1.69 bits per heavy atom. The summed E-state index contributed by atoms with van der Waals surface area (Å²) in [7, 11) is -2.13. The highest BCUT2D eigenvalue weighted by Crippen LogP contribution is 2.54. The fourth-order valence-electron chi connectivity index (χ4n) is 0.631. The van der Waals surface area contributed by atoms with Crippen LogP contribution in [0.25, 0.3) is 0 Å². The Labute approximate surface area is 78.7 Å². The summed E-state index contributed by atoms with van der Waals surface area (Å²) in [6.07, 6.45) is 1.72. The number of hydrogen-bond donors (Lipinski definition) is 0. The van der Waals surface area contributed by atoms with Crippen LogP contribution in [0.1, 0.15) is 19.8 Å². The number of allylic oxidation sites excluding steroid dienone is 1. The monoisotopic (exact) mass is 203 g/mol. The summed E-state index contributed by atoms with van der Waals surface area (Å²) >= 11 is 0. The van der Waals surface area contributed by atoms with E-state index in [0.717, 1.165) is 12.8 Å². The number of unbranched alkanes of at least 4 members (excludes halogenated alkanes) is 1. The Bertz CT molecular complexity index is 257. The van der Waals surface area contributed by atoms with Gasteiger partial charge in [-0.25, -0.2) is 0 Å². The van der Waals surface area contributed by atoms with E-state index in [9.17, 15) is 4.57 Å². The lowest BCUT2D eigenvalue weighted by molar-refractivity contribution is 0.237. The molecule has 0 amide bonds. The Balaban J connectivity index is 4.23. The molecule has 0 fully saturated rings. The Hall–Kier alpha value is -0.620.